The Hall–Kier alpha value is -1.72. The Balaban J connectivity index is 2.43. The van der Waals surface area contributed by atoms with Crippen molar-refractivity contribution in [3.05, 3.63) is 59.7 Å². The molecule has 4 nitrogen and oxygen atoms in total. The Kier molecular flexibility index (Phi) is 5.32. The molecule has 0 fully saturated rings. The first kappa shape index (κ1) is 16.6. The Labute approximate surface area is 136 Å². The number of hydrogen-bond donors (Lipinski definition) is 0. The van der Waals surface area contributed by atoms with Gasteiger partial charge in [0.2, 0.25) is 10.0 Å². The summed E-state index contributed by atoms with van der Waals surface area (Å²) < 4.78 is 30.9. The summed E-state index contributed by atoms with van der Waals surface area (Å²) in [7, 11) is -1.88. The molecule has 0 saturated carbocycles. The topological polar surface area (TPSA) is 46.6 Å². The number of halogens is 1. The Morgan fingerprint density at radius 1 is 1.09 bits per heavy atom. The molecule has 22 heavy (non-hydrogen) atoms. The molecule has 6 heteroatoms. The number of alkyl halides is 1. The summed E-state index contributed by atoms with van der Waals surface area (Å²) in [6.07, 6.45) is 1.19. The number of methoxy groups -OCH3 is 1. The van der Waals surface area contributed by atoms with Gasteiger partial charge in [0.05, 0.1) is 25.6 Å². The van der Waals surface area contributed by atoms with Gasteiger partial charge in [-0.2, -0.15) is 0 Å². The highest BCUT2D eigenvalue weighted by atomic mass is 35.5. The smallest absolute Gasteiger partial charge is 0.232 e. The van der Waals surface area contributed by atoms with E-state index in [2.05, 4.69) is 0 Å². The van der Waals surface area contributed by atoms with Crippen molar-refractivity contribution in [2.45, 2.75) is 12.4 Å². The van der Waals surface area contributed by atoms with Crippen LogP contribution in [0.3, 0.4) is 0 Å². The van der Waals surface area contributed by atoms with Crippen molar-refractivity contribution < 1.29 is 13.2 Å². The van der Waals surface area contributed by atoms with Crippen LogP contribution in [0.25, 0.3) is 0 Å². The highest BCUT2D eigenvalue weighted by molar-refractivity contribution is 7.92. The van der Waals surface area contributed by atoms with E-state index in [0.29, 0.717) is 17.3 Å². The fourth-order valence-electron chi connectivity index (χ4n) is 2.16. The maximum atomic E-state index is 12.2. The molecule has 0 spiro atoms. The Morgan fingerprint density at radius 2 is 1.77 bits per heavy atom. The molecule has 0 radical (unpaired) electrons. The second-order valence-electron chi connectivity index (χ2n) is 4.87. The minimum atomic E-state index is -3.43. The van der Waals surface area contributed by atoms with Crippen LogP contribution in [0.5, 0.6) is 5.75 Å². The highest BCUT2D eigenvalue weighted by Crippen LogP contribution is 2.26. The van der Waals surface area contributed by atoms with Crippen molar-refractivity contribution in [3.8, 4) is 5.75 Å². The minimum Gasteiger partial charge on any atom is -0.497 e. The quantitative estimate of drug-likeness (QED) is 0.758. The molecular formula is C16H18ClNO3S. The molecule has 2 aromatic rings. The molecule has 0 amide bonds. The number of sulfonamides is 1. The predicted octanol–water partition coefficient (Wildman–Crippen LogP) is 3.40. The second kappa shape index (κ2) is 7.03. The van der Waals surface area contributed by atoms with Gasteiger partial charge in [-0.3, -0.25) is 4.31 Å². The average Bonchev–Trinajstić information content (AvgIpc) is 2.51. The van der Waals surface area contributed by atoms with Gasteiger partial charge in [-0.1, -0.05) is 30.3 Å². The number of ether oxygens (including phenoxy) is 1. The summed E-state index contributed by atoms with van der Waals surface area (Å²) >= 11 is 5.94. The first-order valence-corrected chi connectivity index (χ1v) is 9.08. The molecule has 0 aliphatic rings. The van der Waals surface area contributed by atoms with E-state index in [1.165, 1.54) is 10.6 Å². The van der Waals surface area contributed by atoms with E-state index >= 15 is 0 Å². The van der Waals surface area contributed by atoms with Gasteiger partial charge in [0.25, 0.3) is 0 Å². The lowest BCUT2D eigenvalue weighted by Crippen LogP contribution is -2.29. The third-order valence-corrected chi connectivity index (χ3v) is 4.75. The van der Waals surface area contributed by atoms with E-state index in [1.54, 1.807) is 31.4 Å². The Bertz CT molecular complexity index is 747. The van der Waals surface area contributed by atoms with Crippen molar-refractivity contribution >= 4 is 27.3 Å². The minimum absolute atomic E-state index is 0.231. The number of benzene rings is 2. The largest absolute Gasteiger partial charge is 0.497 e. The maximum Gasteiger partial charge on any atom is 0.232 e. The number of nitrogens with zero attached hydrogens (tertiary/aromatic N) is 1. The van der Waals surface area contributed by atoms with Gasteiger partial charge in [-0.25, -0.2) is 8.42 Å². The molecular weight excluding hydrogens is 322 g/mol. The van der Waals surface area contributed by atoms with Crippen LogP contribution in [0.4, 0.5) is 5.69 Å². The van der Waals surface area contributed by atoms with E-state index in [-0.39, 0.29) is 6.54 Å². The van der Waals surface area contributed by atoms with E-state index in [4.69, 9.17) is 16.3 Å². The molecule has 118 valence electrons. The van der Waals surface area contributed by atoms with Crippen molar-refractivity contribution in [1.82, 2.24) is 0 Å². The fourth-order valence-corrected chi connectivity index (χ4v) is 3.29. The van der Waals surface area contributed by atoms with Gasteiger partial charge in [-0.15, -0.1) is 11.6 Å². The standard InChI is InChI=1S/C16H18ClNO3S/c1-21-16-9-5-8-15(10-16)18(22(2,19)20)12-14-7-4-3-6-13(14)11-17/h3-10H,11-12H2,1-2H3. The van der Waals surface area contributed by atoms with E-state index < -0.39 is 10.0 Å². The van der Waals surface area contributed by atoms with Gasteiger partial charge in [-0.05, 0) is 23.3 Å². The molecule has 0 N–H and O–H groups in total. The molecule has 0 unspecified atom stereocenters. The monoisotopic (exact) mass is 339 g/mol. The molecule has 0 aliphatic carbocycles. The van der Waals surface area contributed by atoms with Crippen LogP contribution in [-0.4, -0.2) is 21.8 Å². The summed E-state index contributed by atoms with van der Waals surface area (Å²) in [5.74, 6) is 0.947. The zero-order valence-corrected chi connectivity index (χ0v) is 14.1. The summed E-state index contributed by atoms with van der Waals surface area (Å²) in [4.78, 5) is 0. The van der Waals surface area contributed by atoms with Crippen LogP contribution >= 0.6 is 11.6 Å². The summed E-state index contributed by atoms with van der Waals surface area (Å²) in [5.41, 5.74) is 2.36. The first-order chi connectivity index (χ1) is 10.5. The molecule has 2 aromatic carbocycles. The van der Waals surface area contributed by atoms with Gasteiger partial charge in [0.15, 0.2) is 0 Å². The van der Waals surface area contributed by atoms with E-state index in [1.807, 2.05) is 24.3 Å². The van der Waals surface area contributed by atoms with Crippen LogP contribution in [0, 0.1) is 0 Å². The average molecular weight is 340 g/mol. The SMILES string of the molecule is COc1cccc(N(Cc2ccccc2CCl)S(C)(=O)=O)c1. The predicted molar refractivity (Wildman–Crippen MR) is 90.0 cm³/mol. The zero-order chi connectivity index (χ0) is 16.2. The van der Waals surface area contributed by atoms with E-state index in [9.17, 15) is 8.42 Å². The number of rotatable bonds is 6. The second-order valence-corrected chi connectivity index (χ2v) is 7.05. The van der Waals surface area contributed by atoms with Crippen molar-refractivity contribution in [2.75, 3.05) is 17.7 Å². The lowest BCUT2D eigenvalue weighted by Gasteiger charge is -2.24. The molecule has 2 rings (SSSR count). The van der Waals surface area contributed by atoms with Crippen molar-refractivity contribution in [2.24, 2.45) is 0 Å². The molecule has 0 bridgehead atoms. The fraction of sp³-hybridized carbons (Fsp3) is 0.250. The third-order valence-electron chi connectivity index (χ3n) is 3.32. The van der Waals surface area contributed by atoms with E-state index in [0.717, 1.165) is 11.1 Å². The maximum absolute atomic E-state index is 12.2. The lowest BCUT2D eigenvalue weighted by atomic mass is 10.1. The van der Waals surface area contributed by atoms with Crippen LogP contribution in [-0.2, 0) is 22.4 Å². The van der Waals surface area contributed by atoms with Crippen molar-refractivity contribution in [3.63, 3.8) is 0 Å². The summed E-state index contributed by atoms with van der Waals surface area (Å²) in [5, 5.41) is 0. The number of hydrogen-bond acceptors (Lipinski definition) is 3. The first-order valence-electron chi connectivity index (χ1n) is 6.70. The highest BCUT2D eigenvalue weighted by Gasteiger charge is 2.19. The van der Waals surface area contributed by atoms with Crippen LogP contribution in [0.15, 0.2) is 48.5 Å². The molecule has 0 aromatic heterocycles. The van der Waals surface area contributed by atoms with Gasteiger partial charge >= 0.3 is 0 Å². The van der Waals surface area contributed by atoms with Crippen LogP contribution < -0.4 is 9.04 Å². The molecule has 0 saturated heterocycles. The van der Waals surface area contributed by atoms with Gasteiger partial charge < -0.3 is 4.74 Å². The van der Waals surface area contributed by atoms with Crippen LogP contribution in [0.1, 0.15) is 11.1 Å². The normalized spacial score (nSPS) is 11.2. The van der Waals surface area contributed by atoms with Gasteiger partial charge in [0, 0.05) is 11.9 Å². The Morgan fingerprint density at radius 3 is 2.36 bits per heavy atom. The summed E-state index contributed by atoms with van der Waals surface area (Å²) in [6.45, 7) is 0.231. The number of anilines is 1. The lowest BCUT2D eigenvalue weighted by molar-refractivity contribution is 0.415. The van der Waals surface area contributed by atoms with Gasteiger partial charge in [0.1, 0.15) is 5.75 Å². The third kappa shape index (κ3) is 3.93. The molecule has 0 aliphatic heterocycles. The summed E-state index contributed by atoms with van der Waals surface area (Å²) in [6, 6.07) is 14.5. The molecule has 0 heterocycles. The zero-order valence-electron chi connectivity index (χ0n) is 12.5. The molecule has 0 atom stereocenters. The van der Waals surface area contributed by atoms with Crippen LogP contribution in [0.2, 0.25) is 0 Å². The van der Waals surface area contributed by atoms with Crippen molar-refractivity contribution in [1.29, 1.82) is 0 Å².